The number of aryl methyl sites for hydroxylation is 1. The molecule has 1 atom stereocenters. The Labute approximate surface area is 205 Å². The number of rotatable bonds is 8. The van der Waals surface area contributed by atoms with Gasteiger partial charge in [0.25, 0.3) is 0 Å². The van der Waals surface area contributed by atoms with Crippen molar-refractivity contribution in [2.75, 3.05) is 18.9 Å². The third-order valence-electron chi connectivity index (χ3n) is 6.21. The van der Waals surface area contributed by atoms with Crippen LogP contribution in [-0.2, 0) is 23.2 Å². The van der Waals surface area contributed by atoms with Crippen LogP contribution in [0.15, 0.2) is 53.6 Å². The first kappa shape index (κ1) is 24.2. The lowest BCUT2D eigenvalue weighted by Crippen LogP contribution is -2.43. The molecule has 1 aromatic heterocycles. The number of thioether (sulfide) groups is 1. The molecule has 2 heterocycles. The van der Waals surface area contributed by atoms with E-state index >= 15 is 0 Å². The third-order valence-corrected chi connectivity index (χ3v) is 7.37. The van der Waals surface area contributed by atoms with E-state index in [0.29, 0.717) is 25.6 Å². The van der Waals surface area contributed by atoms with Crippen molar-refractivity contribution in [2.24, 2.45) is 13.0 Å². The highest BCUT2D eigenvalue weighted by molar-refractivity contribution is 8.00. The van der Waals surface area contributed by atoms with E-state index in [9.17, 15) is 9.59 Å². The van der Waals surface area contributed by atoms with Crippen molar-refractivity contribution >= 4 is 34.5 Å². The van der Waals surface area contributed by atoms with Crippen molar-refractivity contribution in [1.29, 1.82) is 0 Å². The van der Waals surface area contributed by atoms with E-state index in [1.807, 2.05) is 56.4 Å². The molecule has 180 valence electrons. The highest BCUT2D eigenvalue weighted by Gasteiger charge is 2.39. The van der Waals surface area contributed by atoms with Gasteiger partial charge in [-0.2, -0.15) is 0 Å². The van der Waals surface area contributed by atoms with Crippen LogP contribution < -0.4 is 10.1 Å². The smallest absolute Gasteiger partial charge is 0.247 e. The van der Waals surface area contributed by atoms with Gasteiger partial charge in [0.05, 0.1) is 23.9 Å². The van der Waals surface area contributed by atoms with Gasteiger partial charge in [0, 0.05) is 35.6 Å². The molecule has 1 aliphatic rings. The Balaban J connectivity index is 1.81. The number of fused-ring (bicyclic) bond motifs is 3. The molecule has 0 saturated carbocycles. The number of hydrogen-bond acceptors (Lipinski definition) is 4. The number of carbonyl (C=O) groups is 2. The predicted molar refractivity (Wildman–Crippen MR) is 137 cm³/mol. The Bertz CT molecular complexity index is 1190. The first-order chi connectivity index (χ1) is 16.4. The number of nitrogens with zero attached hydrogens (tertiary/aromatic N) is 2. The molecule has 3 aromatic rings. The van der Waals surface area contributed by atoms with Gasteiger partial charge in [-0.25, -0.2) is 0 Å². The van der Waals surface area contributed by atoms with E-state index in [2.05, 4.69) is 29.8 Å². The van der Waals surface area contributed by atoms with E-state index in [0.717, 1.165) is 39.2 Å². The molecule has 0 fully saturated rings. The maximum absolute atomic E-state index is 13.8. The minimum absolute atomic E-state index is 0.0550. The van der Waals surface area contributed by atoms with Gasteiger partial charge in [0.1, 0.15) is 11.8 Å². The summed E-state index contributed by atoms with van der Waals surface area (Å²) in [5, 5.41) is 5.10. The van der Waals surface area contributed by atoms with E-state index in [1.165, 1.54) is 11.8 Å². The lowest BCUT2D eigenvalue weighted by atomic mass is 10.0. The lowest BCUT2D eigenvalue weighted by Gasteiger charge is -2.30. The van der Waals surface area contributed by atoms with Gasteiger partial charge in [-0.15, -0.1) is 0 Å². The molecule has 2 aromatic carbocycles. The molecule has 7 heteroatoms. The average molecular weight is 480 g/mol. The fraction of sp³-hybridized carbons (Fsp3) is 0.407. The summed E-state index contributed by atoms with van der Waals surface area (Å²) in [6.07, 6.45) is 0.886. The molecule has 2 amide bonds. The van der Waals surface area contributed by atoms with Crippen molar-refractivity contribution in [3.63, 3.8) is 0 Å². The van der Waals surface area contributed by atoms with Crippen LogP contribution in [0.1, 0.15) is 44.4 Å². The zero-order chi connectivity index (χ0) is 24.2. The number of hydrogen-bond donors (Lipinski definition) is 1. The summed E-state index contributed by atoms with van der Waals surface area (Å²) in [5.41, 5.74) is 2.86. The Morgan fingerprint density at radius 3 is 2.68 bits per heavy atom. The second-order valence-corrected chi connectivity index (χ2v) is 9.99. The van der Waals surface area contributed by atoms with Crippen molar-refractivity contribution in [3.05, 3.63) is 59.7 Å². The van der Waals surface area contributed by atoms with Gasteiger partial charge in [0.2, 0.25) is 11.8 Å². The normalized spacial score (nSPS) is 16.0. The van der Waals surface area contributed by atoms with Gasteiger partial charge >= 0.3 is 0 Å². The molecule has 0 radical (unpaired) electrons. The number of nitrogens with one attached hydrogen (secondary N) is 1. The molecule has 0 aliphatic carbocycles. The summed E-state index contributed by atoms with van der Waals surface area (Å²) in [4.78, 5) is 29.0. The topological polar surface area (TPSA) is 63.6 Å². The van der Waals surface area contributed by atoms with E-state index < -0.39 is 6.04 Å². The summed E-state index contributed by atoms with van der Waals surface area (Å²) in [6, 6.07) is 15.1. The molecule has 0 saturated heterocycles. The quantitative estimate of drug-likeness (QED) is 0.498. The molecule has 0 spiro atoms. The standard InChI is InChI=1S/C27H33N3O3S/c1-5-33-22-13-9-6-10-19(22)16-30-23(31)17-34-27-24(20-11-7-8-12-21(20)29(27)4)25(30)26(32)28-15-14-18(2)3/h6-13,18,25H,5,14-17H2,1-4H3,(H,28,32)/t25-/m0/s1. The SMILES string of the molecule is CCOc1ccccc1CN1C(=O)CSc2c(c3ccccc3n2C)[C@H]1C(=O)NCCC(C)C. The van der Waals surface area contributed by atoms with Crippen LogP contribution in [0, 0.1) is 5.92 Å². The van der Waals surface area contributed by atoms with Gasteiger partial charge in [-0.3, -0.25) is 9.59 Å². The number of aromatic nitrogens is 1. The first-order valence-corrected chi connectivity index (χ1v) is 12.9. The summed E-state index contributed by atoms with van der Waals surface area (Å²) in [7, 11) is 2.01. The van der Waals surface area contributed by atoms with E-state index in [4.69, 9.17) is 4.74 Å². The Morgan fingerprint density at radius 1 is 1.18 bits per heavy atom. The number of carbonyl (C=O) groups excluding carboxylic acids is 2. The average Bonchev–Trinajstić information content (AvgIpc) is 3.00. The van der Waals surface area contributed by atoms with Crippen molar-refractivity contribution in [2.45, 2.75) is 44.8 Å². The second-order valence-electron chi connectivity index (χ2n) is 9.02. The minimum atomic E-state index is -0.717. The maximum Gasteiger partial charge on any atom is 0.247 e. The van der Waals surface area contributed by atoms with Crippen LogP contribution in [-0.4, -0.2) is 40.2 Å². The molecule has 4 rings (SSSR count). The number of ether oxygens (including phenoxy) is 1. The van der Waals surface area contributed by atoms with E-state index in [-0.39, 0.29) is 17.6 Å². The van der Waals surface area contributed by atoms with Gasteiger partial charge < -0.3 is 19.5 Å². The van der Waals surface area contributed by atoms with Gasteiger partial charge in [-0.1, -0.05) is 62.0 Å². The van der Waals surface area contributed by atoms with Crippen LogP contribution in [0.3, 0.4) is 0 Å². The Morgan fingerprint density at radius 2 is 1.91 bits per heavy atom. The summed E-state index contributed by atoms with van der Waals surface area (Å²) >= 11 is 1.51. The van der Waals surface area contributed by atoms with Crippen LogP contribution in [0.5, 0.6) is 5.75 Å². The zero-order valence-corrected chi connectivity index (χ0v) is 21.2. The van der Waals surface area contributed by atoms with Crippen molar-refractivity contribution in [3.8, 4) is 5.75 Å². The van der Waals surface area contributed by atoms with Crippen LogP contribution in [0.2, 0.25) is 0 Å². The molecule has 0 unspecified atom stereocenters. The van der Waals surface area contributed by atoms with Crippen LogP contribution in [0.4, 0.5) is 0 Å². The zero-order valence-electron chi connectivity index (χ0n) is 20.3. The summed E-state index contributed by atoms with van der Waals surface area (Å²) < 4.78 is 7.93. The third kappa shape index (κ3) is 4.80. The van der Waals surface area contributed by atoms with Gasteiger partial charge in [0.15, 0.2) is 0 Å². The number of para-hydroxylation sites is 2. The maximum atomic E-state index is 13.8. The predicted octanol–water partition coefficient (Wildman–Crippen LogP) is 4.91. The largest absolute Gasteiger partial charge is 0.494 e. The molecule has 0 bridgehead atoms. The number of benzene rings is 2. The monoisotopic (exact) mass is 479 g/mol. The first-order valence-electron chi connectivity index (χ1n) is 11.9. The fourth-order valence-corrected chi connectivity index (χ4v) is 5.59. The molecule has 34 heavy (non-hydrogen) atoms. The fourth-order valence-electron chi connectivity index (χ4n) is 4.50. The highest BCUT2D eigenvalue weighted by Crippen LogP contribution is 2.42. The summed E-state index contributed by atoms with van der Waals surface area (Å²) in [6.45, 7) is 7.64. The Hall–Kier alpha value is -2.93. The Kier molecular flexibility index (Phi) is 7.51. The minimum Gasteiger partial charge on any atom is -0.494 e. The molecule has 1 N–H and O–H groups in total. The molecular weight excluding hydrogens is 446 g/mol. The molecular formula is C27H33N3O3S. The van der Waals surface area contributed by atoms with E-state index in [1.54, 1.807) is 4.90 Å². The molecule has 1 aliphatic heterocycles. The van der Waals surface area contributed by atoms with Crippen LogP contribution >= 0.6 is 11.8 Å². The molecule has 6 nitrogen and oxygen atoms in total. The lowest BCUT2D eigenvalue weighted by molar-refractivity contribution is -0.139. The van der Waals surface area contributed by atoms with Crippen molar-refractivity contribution in [1.82, 2.24) is 14.8 Å². The summed E-state index contributed by atoms with van der Waals surface area (Å²) in [5.74, 6) is 1.31. The number of amides is 2. The second kappa shape index (κ2) is 10.6. The van der Waals surface area contributed by atoms with Crippen molar-refractivity contribution < 1.29 is 14.3 Å². The van der Waals surface area contributed by atoms with Gasteiger partial charge in [-0.05, 0) is 31.4 Å². The highest BCUT2D eigenvalue weighted by atomic mass is 32.2. The van der Waals surface area contributed by atoms with Crippen LogP contribution in [0.25, 0.3) is 10.9 Å².